The van der Waals surface area contributed by atoms with Gasteiger partial charge in [-0.2, -0.15) is 0 Å². The summed E-state index contributed by atoms with van der Waals surface area (Å²) in [6.07, 6.45) is 3.82. The Morgan fingerprint density at radius 2 is 2.06 bits per heavy atom. The number of ether oxygens (including phenoxy) is 2. The Labute approximate surface area is 181 Å². The maximum Gasteiger partial charge on any atom is 0.304 e. The lowest BCUT2D eigenvalue weighted by atomic mass is 9.93. The van der Waals surface area contributed by atoms with E-state index in [4.69, 9.17) is 14.6 Å². The van der Waals surface area contributed by atoms with Crippen LogP contribution in [0.25, 0.3) is 11.1 Å². The summed E-state index contributed by atoms with van der Waals surface area (Å²) in [5.74, 6) is 0.588. The highest BCUT2D eigenvalue weighted by Gasteiger charge is 2.29. The Kier molecular flexibility index (Phi) is 4.89. The summed E-state index contributed by atoms with van der Waals surface area (Å²) in [7, 11) is 0. The molecule has 158 valence electrons. The van der Waals surface area contributed by atoms with Crippen molar-refractivity contribution in [3.05, 3.63) is 76.6 Å². The fourth-order valence-electron chi connectivity index (χ4n) is 4.95. The van der Waals surface area contributed by atoms with E-state index in [1.54, 1.807) is 0 Å². The molecule has 2 aromatic carbocycles. The Balaban J connectivity index is 1.42. The number of carboxylic acid groups (broad SMARTS) is 1. The number of aromatic nitrogens is 1. The topological polar surface area (TPSA) is 68.7 Å². The van der Waals surface area contributed by atoms with E-state index in [-0.39, 0.29) is 18.4 Å². The molecule has 0 fully saturated rings. The third-order valence-corrected chi connectivity index (χ3v) is 6.40. The maximum atomic E-state index is 11.1. The molecule has 5 nitrogen and oxygen atoms in total. The predicted octanol–water partition coefficient (Wildman–Crippen LogP) is 5.38. The average molecular weight is 415 g/mol. The number of rotatable bonds is 5. The zero-order valence-corrected chi connectivity index (χ0v) is 17.7. The zero-order valence-electron chi connectivity index (χ0n) is 17.7. The second-order valence-electron chi connectivity index (χ2n) is 8.41. The van der Waals surface area contributed by atoms with Gasteiger partial charge in [0.05, 0.1) is 13.0 Å². The molecule has 0 spiro atoms. The van der Waals surface area contributed by atoms with E-state index in [9.17, 15) is 4.79 Å². The highest BCUT2D eigenvalue weighted by Crippen LogP contribution is 2.43. The summed E-state index contributed by atoms with van der Waals surface area (Å²) < 4.78 is 12.1. The van der Waals surface area contributed by atoms with Crippen LogP contribution in [0.5, 0.6) is 11.5 Å². The summed E-state index contributed by atoms with van der Waals surface area (Å²) in [5, 5.41) is 9.09. The van der Waals surface area contributed by atoms with Crippen LogP contribution in [0.15, 0.2) is 48.7 Å². The summed E-state index contributed by atoms with van der Waals surface area (Å²) in [6.45, 7) is 4.60. The molecule has 2 atom stereocenters. The van der Waals surface area contributed by atoms with Crippen LogP contribution < -0.4 is 9.47 Å². The van der Waals surface area contributed by atoms with Gasteiger partial charge in [-0.3, -0.25) is 9.78 Å². The van der Waals surface area contributed by atoms with Crippen molar-refractivity contribution in [1.29, 1.82) is 0 Å². The molecule has 5 heteroatoms. The van der Waals surface area contributed by atoms with Gasteiger partial charge < -0.3 is 14.6 Å². The minimum Gasteiger partial charge on any atom is -0.492 e. The first-order valence-electron chi connectivity index (χ1n) is 10.7. The standard InChI is InChI=1S/C26H25NO4/c1-15-10-11-27-16(2)26(15)22-5-3-4-21-20(22)8-9-23(21)31-18-6-7-19-17(12-25(28)29)14-30-24(19)13-18/h3-7,10-11,13,17,23H,8-9,12,14H2,1-2H3,(H,28,29)/t17?,23-/m1/s1. The van der Waals surface area contributed by atoms with Crippen LogP contribution in [0.3, 0.4) is 0 Å². The molecular formula is C26H25NO4. The number of benzene rings is 2. The molecule has 31 heavy (non-hydrogen) atoms. The van der Waals surface area contributed by atoms with Crippen molar-refractivity contribution in [2.24, 2.45) is 0 Å². The monoisotopic (exact) mass is 415 g/mol. The average Bonchev–Trinajstić information content (AvgIpc) is 3.32. The first-order valence-corrected chi connectivity index (χ1v) is 10.7. The highest BCUT2D eigenvalue weighted by molar-refractivity contribution is 5.74. The van der Waals surface area contributed by atoms with E-state index in [1.807, 2.05) is 24.4 Å². The van der Waals surface area contributed by atoms with Gasteiger partial charge in [0.15, 0.2) is 0 Å². The van der Waals surface area contributed by atoms with Crippen LogP contribution in [-0.4, -0.2) is 22.7 Å². The SMILES string of the molecule is Cc1ccnc(C)c1-c1cccc2c1CC[C@H]2Oc1ccc2c(c1)OCC2CC(=O)O. The van der Waals surface area contributed by atoms with Gasteiger partial charge in [-0.05, 0) is 61.1 Å². The van der Waals surface area contributed by atoms with Crippen molar-refractivity contribution in [2.45, 2.75) is 45.1 Å². The lowest BCUT2D eigenvalue weighted by Crippen LogP contribution is -2.07. The molecule has 1 aliphatic heterocycles. The smallest absolute Gasteiger partial charge is 0.304 e. The number of carbonyl (C=O) groups is 1. The van der Waals surface area contributed by atoms with Crippen LogP contribution in [0.2, 0.25) is 0 Å². The Morgan fingerprint density at radius 1 is 1.19 bits per heavy atom. The van der Waals surface area contributed by atoms with E-state index in [1.165, 1.54) is 27.8 Å². The predicted molar refractivity (Wildman–Crippen MR) is 118 cm³/mol. The molecule has 2 heterocycles. The Bertz CT molecular complexity index is 1150. The number of hydrogen-bond donors (Lipinski definition) is 1. The molecule has 1 aromatic heterocycles. The molecule has 1 N–H and O–H groups in total. The molecule has 0 saturated heterocycles. The number of pyridine rings is 1. The van der Waals surface area contributed by atoms with Crippen LogP contribution in [-0.2, 0) is 11.2 Å². The Morgan fingerprint density at radius 3 is 2.87 bits per heavy atom. The van der Waals surface area contributed by atoms with Gasteiger partial charge in [-0.15, -0.1) is 0 Å². The van der Waals surface area contributed by atoms with Gasteiger partial charge in [0.2, 0.25) is 0 Å². The lowest BCUT2D eigenvalue weighted by molar-refractivity contribution is -0.137. The van der Waals surface area contributed by atoms with E-state index in [0.29, 0.717) is 6.61 Å². The van der Waals surface area contributed by atoms with E-state index in [0.717, 1.165) is 35.6 Å². The van der Waals surface area contributed by atoms with Crippen molar-refractivity contribution in [3.8, 4) is 22.6 Å². The van der Waals surface area contributed by atoms with Gasteiger partial charge in [0, 0.05) is 35.0 Å². The number of aliphatic carboxylic acids is 1. The molecule has 1 unspecified atom stereocenters. The van der Waals surface area contributed by atoms with Crippen LogP contribution >= 0.6 is 0 Å². The third-order valence-electron chi connectivity index (χ3n) is 6.40. The maximum absolute atomic E-state index is 11.1. The molecule has 0 amide bonds. The lowest BCUT2D eigenvalue weighted by Gasteiger charge is -2.17. The van der Waals surface area contributed by atoms with Crippen molar-refractivity contribution in [2.75, 3.05) is 6.61 Å². The van der Waals surface area contributed by atoms with Crippen molar-refractivity contribution in [3.63, 3.8) is 0 Å². The van der Waals surface area contributed by atoms with E-state index >= 15 is 0 Å². The number of aryl methyl sites for hydroxylation is 2. The quantitative estimate of drug-likeness (QED) is 0.606. The molecule has 5 rings (SSSR count). The molecule has 2 aliphatic rings. The summed E-state index contributed by atoms with van der Waals surface area (Å²) in [4.78, 5) is 15.6. The first kappa shape index (κ1) is 19.6. The van der Waals surface area contributed by atoms with Crippen LogP contribution in [0, 0.1) is 13.8 Å². The van der Waals surface area contributed by atoms with Crippen molar-refractivity contribution in [1.82, 2.24) is 4.98 Å². The second-order valence-corrected chi connectivity index (χ2v) is 8.41. The number of hydrogen-bond acceptors (Lipinski definition) is 4. The summed E-state index contributed by atoms with van der Waals surface area (Å²) >= 11 is 0. The number of fused-ring (bicyclic) bond motifs is 2. The van der Waals surface area contributed by atoms with Gasteiger partial charge >= 0.3 is 5.97 Å². The highest BCUT2D eigenvalue weighted by atomic mass is 16.5. The zero-order chi connectivity index (χ0) is 21.5. The largest absolute Gasteiger partial charge is 0.492 e. The normalized spacial score (nSPS) is 18.9. The molecule has 1 aliphatic carbocycles. The number of carboxylic acids is 1. The van der Waals surface area contributed by atoms with E-state index < -0.39 is 5.97 Å². The van der Waals surface area contributed by atoms with Gasteiger partial charge in [-0.1, -0.05) is 24.3 Å². The fraction of sp³-hybridized carbons (Fsp3) is 0.308. The molecule has 3 aromatic rings. The van der Waals surface area contributed by atoms with Crippen molar-refractivity contribution >= 4 is 5.97 Å². The third kappa shape index (κ3) is 3.54. The second kappa shape index (κ2) is 7.73. The molecule has 0 bridgehead atoms. The minimum absolute atomic E-state index is 0.0125. The van der Waals surface area contributed by atoms with Crippen molar-refractivity contribution < 1.29 is 19.4 Å². The molecule has 0 radical (unpaired) electrons. The Hall–Kier alpha value is -3.34. The first-order chi connectivity index (χ1) is 15.0. The van der Waals surface area contributed by atoms with Gasteiger partial charge in [-0.25, -0.2) is 0 Å². The van der Waals surface area contributed by atoms with Gasteiger partial charge in [0.1, 0.15) is 17.6 Å². The van der Waals surface area contributed by atoms with Crippen LogP contribution in [0.1, 0.15) is 52.8 Å². The molecule has 0 saturated carbocycles. The number of nitrogens with zero attached hydrogens (tertiary/aromatic N) is 1. The molecular weight excluding hydrogens is 390 g/mol. The minimum atomic E-state index is -0.806. The van der Waals surface area contributed by atoms with Gasteiger partial charge in [0.25, 0.3) is 0 Å². The summed E-state index contributed by atoms with van der Waals surface area (Å²) in [6, 6.07) is 14.3. The fourth-order valence-corrected chi connectivity index (χ4v) is 4.95. The summed E-state index contributed by atoms with van der Waals surface area (Å²) in [5.41, 5.74) is 8.26. The van der Waals surface area contributed by atoms with Crippen LogP contribution in [0.4, 0.5) is 0 Å². The van der Waals surface area contributed by atoms with E-state index in [2.05, 4.69) is 43.1 Å².